The highest BCUT2D eigenvalue weighted by Gasteiger charge is 2.54. The number of ether oxygens (including phenoxy) is 1. The van der Waals surface area contributed by atoms with Crippen molar-refractivity contribution in [3.63, 3.8) is 0 Å². The first-order valence-corrected chi connectivity index (χ1v) is 12.2. The van der Waals surface area contributed by atoms with Gasteiger partial charge < -0.3 is 15.2 Å². The number of aliphatic hydroxyl groups excluding tert-OH is 1. The molecule has 8 nitrogen and oxygen atoms in total. The topological polar surface area (TPSA) is 114 Å². The van der Waals surface area contributed by atoms with Gasteiger partial charge in [-0.1, -0.05) is 19.9 Å². The molecule has 1 aliphatic rings. The first-order valence-electron chi connectivity index (χ1n) is 11.4. The van der Waals surface area contributed by atoms with E-state index in [1.807, 2.05) is 13.0 Å². The van der Waals surface area contributed by atoms with Gasteiger partial charge in [-0.3, -0.25) is 9.59 Å². The summed E-state index contributed by atoms with van der Waals surface area (Å²) in [5, 5.41) is 13.8. The van der Waals surface area contributed by atoms with Gasteiger partial charge in [-0.05, 0) is 42.7 Å². The van der Waals surface area contributed by atoms with Gasteiger partial charge in [-0.25, -0.2) is 15.0 Å². The van der Waals surface area contributed by atoms with Crippen molar-refractivity contribution in [3.05, 3.63) is 52.9 Å². The Morgan fingerprint density at radius 2 is 1.95 bits per heavy atom. The Morgan fingerprint density at radius 3 is 2.62 bits per heavy atom. The summed E-state index contributed by atoms with van der Waals surface area (Å²) >= 11 is 1.13. The SMILES string of the molecule is COC(=O)C1CC(C(=O)c2ncc(-c3cc(C)cc(Nc4nccc(C(F)(F)F)n4)c3)s2)[C@H](O)C1(C)C. The fourth-order valence-electron chi connectivity index (χ4n) is 4.59. The summed E-state index contributed by atoms with van der Waals surface area (Å²) in [5.41, 5.74) is 0.0587. The minimum Gasteiger partial charge on any atom is -0.469 e. The summed E-state index contributed by atoms with van der Waals surface area (Å²) in [5.74, 6) is -2.45. The lowest BCUT2D eigenvalue weighted by atomic mass is 9.80. The van der Waals surface area contributed by atoms with E-state index in [-0.39, 0.29) is 23.2 Å². The van der Waals surface area contributed by atoms with E-state index in [4.69, 9.17) is 4.74 Å². The minimum absolute atomic E-state index is 0.157. The van der Waals surface area contributed by atoms with Crippen LogP contribution in [0.1, 0.15) is 41.3 Å². The molecule has 1 fully saturated rings. The number of halogens is 3. The molecule has 1 aromatic carbocycles. The first kappa shape index (κ1) is 26.7. The van der Waals surface area contributed by atoms with Gasteiger partial charge >= 0.3 is 12.1 Å². The molecule has 3 atom stereocenters. The molecule has 2 unspecified atom stereocenters. The van der Waals surface area contributed by atoms with Gasteiger partial charge in [0.1, 0.15) is 5.69 Å². The molecule has 12 heteroatoms. The van der Waals surface area contributed by atoms with Crippen LogP contribution in [0.4, 0.5) is 24.8 Å². The standard InChI is InChI=1S/C25H25F3N4O4S/c1-12-7-13(9-14(8-12)31-23-29-6-5-18(32-23)25(26,27)28)17-11-30-21(37-17)19(33)15-10-16(22(35)36-4)24(2,3)20(15)34/h5-9,11,15-16,20,34H,10H2,1-4H3,(H,29,31,32)/t15?,16?,20-/m0/s1. The van der Waals surface area contributed by atoms with Crippen LogP contribution < -0.4 is 5.32 Å². The largest absolute Gasteiger partial charge is 0.469 e. The molecule has 2 aromatic heterocycles. The molecule has 0 spiro atoms. The molecule has 3 aromatic rings. The number of esters is 1. The highest BCUT2D eigenvalue weighted by Crippen LogP contribution is 2.48. The molecule has 37 heavy (non-hydrogen) atoms. The van der Waals surface area contributed by atoms with Crippen molar-refractivity contribution in [1.82, 2.24) is 15.0 Å². The average Bonchev–Trinajstić information content (AvgIpc) is 3.41. The van der Waals surface area contributed by atoms with E-state index in [0.717, 1.165) is 29.2 Å². The maximum absolute atomic E-state index is 13.2. The Morgan fingerprint density at radius 1 is 1.22 bits per heavy atom. The normalized spacial score (nSPS) is 21.0. The first-order chi connectivity index (χ1) is 17.3. The van der Waals surface area contributed by atoms with Crippen LogP contribution in [0.5, 0.6) is 0 Å². The molecule has 4 rings (SSSR count). The number of alkyl halides is 3. The van der Waals surface area contributed by atoms with Crippen LogP contribution >= 0.6 is 11.3 Å². The number of thiazole rings is 1. The Bertz CT molecular complexity index is 1340. The van der Waals surface area contributed by atoms with Crippen molar-refractivity contribution in [2.24, 2.45) is 17.3 Å². The van der Waals surface area contributed by atoms with Gasteiger partial charge in [0.25, 0.3) is 0 Å². The highest BCUT2D eigenvalue weighted by atomic mass is 32.1. The summed E-state index contributed by atoms with van der Waals surface area (Å²) < 4.78 is 43.8. The molecular weight excluding hydrogens is 509 g/mol. The zero-order valence-electron chi connectivity index (χ0n) is 20.5. The summed E-state index contributed by atoms with van der Waals surface area (Å²) in [6.45, 7) is 5.28. The predicted octanol–water partition coefficient (Wildman–Crippen LogP) is 5.05. The fourth-order valence-corrected chi connectivity index (χ4v) is 5.49. The predicted molar refractivity (Wildman–Crippen MR) is 130 cm³/mol. The van der Waals surface area contributed by atoms with Crippen molar-refractivity contribution < 1.29 is 32.6 Å². The van der Waals surface area contributed by atoms with Gasteiger partial charge in [-0.15, -0.1) is 11.3 Å². The number of rotatable bonds is 6. The van der Waals surface area contributed by atoms with Crippen molar-refractivity contribution >= 4 is 34.7 Å². The number of nitrogens with one attached hydrogen (secondary N) is 1. The molecule has 0 amide bonds. The molecule has 0 saturated heterocycles. The van der Waals surface area contributed by atoms with Crippen molar-refractivity contribution in [2.75, 3.05) is 12.4 Å². The van der Waals surface area contributed by atoms with Crippen LogP contribution in [0.2, 0.25) is 0 Å². The number of ketones is 1. The van der Waals surface area contributed by atoms with Gasteiger partial charge in [0.15, 0.2) is 10.8 Å². The molecule has 196 valence electrons. The third-order valence-corrected chi connectivity index (χ3v) is 7.70. The zero-order valence-corrected chi connectivity index (χ0v) is 21.3. The molecule has 0 bridgehead atoms. The van der Waals surface area contributed by atoms with Crippen molar-refractivity contribution in [1.29, 1.82) is 0 Å². The molecule has 2 heterocycles. The molecule has 2 N–H and O–H groups in total. The van der Waals surface area contributed by atoms with Crippen LogP contribution in [0, 0.1) is 24.2 Å². The van der Waals surface area contributed by atoms with E-state index in [0.29, 0.717) is 16.1 Å². The number of aryl methyl sites for hydroxylation is 1. The highest BCUT2D eigenvalue weighted by molar-refractivity contribution is 7.17. The van der Waals surface area contributed by atoms with E-state index in [1.165, 1.54) is 13.3 Å². The third kappa shape index (κ3) is 5.35. The lowest BCUT2D eigenvalue weighted by Gasteiger charge is -2.28. The van der Waals surface area contributed by atoms with E-state index in [2.05, 4.69) is 20.3 Å². The number of hydrogen-bond donors (Lipinski definition) is 2. The number of methoxy groups -OCH3 is 1. The van der Waals surface area contributed by atoms with Crippen LogP contribution in [-0.4, -0.2) is 45.0 Å². The van der Waals surface area contributed by atoms with Crippen molar-refractivity contribution in [3.8, 4) is 10.4 Å². The van der Waals surface area contributed by atoms with Gasteiger partial charge in [-0.2, -0.15) is 13.2 Å². The lowest BCUT2D eigenvalue weighted by Crippen LogP contribution is -2.36. The van der Waals surface area contributed by atoms with Crippen LogP contribution in [-0.2, 0) is 15.7 Å². The number of aromatic nitrogens is 3. The second-order valence-corrected chi connectivity index (χ2v) is 10.6. The van der Waals surface area contributed by atoms with Gasteiger partial charge in [0.2, 0.25) is 5.95 Å². The maximum Gasteiger partial charge on any atom is 0.433 e. The summed E-state index contributed by atoms with van der Waals surface area (Å²) in [6.07, 6.45) is -2.93. The minimum atomic E-state index is -4.60. The van der Waals surface area contributed by atoms with E-state index >= 15 is 0 Å². The fraction of sp³-hybridized carbons (Fsp3) is 0.400. The number of aliphatic hydroxyl groups is 1. The second-order valence-electron chi connectivity index (χ2n) is 9.55. The molecule has 1 aliphatic carbocycles. The van der Waals surface area contributed by atoms with Crippen molar-refractivity contribution in [2.45, 2.75) is 39.5 Å². The van der Waals surface area contributed by atoms with E-state index in [1.54, 1.807) is 26.0 Å². The molecule has 0 radical (unpaired) electrons. The Labute approximate surface area is 214 Å². The Kier molecular flexibility index (Phi) is 7.08. The summed E-state index contributed by atoms with van der Waals surface area (Å²) in [6, 6.07) is 6.06. The van der Waals surface area contributed by atoms with Crippen LogP contribution in [0.3, 0.4) is 0 Å². The molecule has 1 saturated carbocycles. The Hall–Kier alpha value is -3.38. The second kappa shape index (κ2) is 9.82. The quantitative estimate of drug-likeness (QED) is 0.334. The Balaban J connectivity index is 1.57. The van der Waals surface area contributed by atoms with Gasteiger partial charge in [0.05, 0.1) is 29.9 Å². The number of carbonyl (C=O) groups excluding carboxylic acids is 2. The number of carbonyl (C=O) groups is 2. The number of nitrogens with zero attached hydrogens (tertiary/aromatic N) is 3. The monoisotopic (exact) mass is 534 g/mol. The third-order valence-electron chi connectivity index (χ3n) is 6.63. The lowest BCUT2D eigenvalue weighted by molar-refractivity contribution is -0.150. The smallest absolute Gasteiger partial charge is 0.433 e. The zero-order chi connectivity index (χ0) is 27.1. The van der Waals surface area contributed by atoms with E-state index < -0.39 is 41.2 Å². The number of benzene rings is 1. The number of Topliss-reactive ketones (excluding diaryl/α,β-unsaturated/α-hetero) is 1. The molecular formula is C25H25F3N4O4S. The molecule has 0 aliphatic heterocycles. The number of hydrogen-bond acceptors (Lipinski definition) is 9. The number of anilines is 2. The van der Waals surface area contributed by atoms with Crippen LogP contribution in [0.15, 0.2) is 36.7 Å². The summed E-state index contributed by atoms with van der Waals surface area (Å²) in [7, 11) is 1.27. The maximum atomic E-state index is 13.2. The van der Waals surface area contributed by atoms with E-state index in [9.17, 15) is 27.9 Å². The van der Waals surface area contributed by atoms with Crippen LogP contribution in [0.25, 0.3) is 10.4 Å². The van der Waals surface area contributed by atoms with Gasteiger partial charge in [0, 0.05) is 23.5 Å². The average molecular weight is 535 g/mol. The summed E-state index contributed by atoms with van der Waals surface area (Å²) in [4.78, 5) is 37.8.